The number of aromatic nitrogens is 2. The van der Waals surface area contributed by atoms with Crippen molar-refractivity contribution in [2.45, 2.75) is 19.9 Å². The normalized spacial score (nSPS) is 10.2. The summed E-state index contributed by atoms with van der Waals surface area (Å²) >= 11 is 0. The summed E-state index contributed by atoms with van der Waals surface area (Å²) in [6.07, 6.45) is 5.67. The number of benzene rings is 1. The zero-order valence-corrected chi connectivity index (χ0v) is 9.76. The third-order valence-corrected chi connectivity index (χ3v) is 2.67. The maximum absolute atomic E-state index is 11.7. The summed E-state index contributed by atoms with van der Waals surface area (Å²) in [6.45, 7) is 2.65. The third-order valence-electron chi connectivity index (χ3n) is 2.67. The van der Waals surface area contributed by atoms with Crippen LogP contribution in [0.5, 0.6) is 0 Å². The van der Waals surface area contributed by atoms with Gasteiger partial charge in [0.2, 0.25) is 0 Å². The van der Waals surface area contributed by atoms with E-state index in [9.17, 15) is 4.79 Å². The zero-order chi connectivity index (χ0) is 12.1. The van der Waals surface area contributed by atoms with Crippen LogP contribution in [0.2, 0.25) is 0 Å². The van der Waals surface area contributed by atoms with E-state index in [1.165, 1.54) is 16.5 Å². The van der Waals surface area contributed by atoms with Gasteiger partial charge in [-0.2, -0.15) is 0 Å². The number of nitrogens with one attached hydrogen (secondary N) is 1. The first-order valence-corrected chi connectivity index (χ1v) is 5.64. The highest BCUT2D eigenvalue weighted by molar-refractivity contribution is 5.76. The van der Waals surface area contributed by atoms with Crippen LogP contribution in [-0.2, 0) is 13.0 Å². The number of imidazole rings is 1. The number of hydrogen-bond acceptors (Lipinski definition) is 2. The Balaban J connectivity index is 2.00. The summed E-state index contributed by atoms with van der Waals surface area (Å²) in [5.74, 6) is 0. The molecule has 0 aliphatic heterocycles. The lowest BCUT2D eigenvalue weighted by Crippen LogP contribution is -2.27. The van der Waals surface area contributed by atoms with Crippen LogP contribution in [-0.4, -0.2) is 15.6 Å². The second kappa shape index (κ2) is 5.30. The van der Waals surface area contributed by atoms with E-state index in [4.69, 9.17) is 0 Å². The molecule has 1 heterocycles. The molecule has 1 amide bonds. The number of hydrogen-bond donors (Lipinski definition) is 1. The molecule has 17 heavy (non-hydrogen) atoms. The van der Waals surface area contributed by atoms with E-state index in [-0.39, 0.29) is 6.03 Å². The van der Waals surface area contributed by atoms with Gasteiger partial charge in [-0.3, -0.25) is 4.57 Å². The first kappa shape index (κ1) is 11.4. The highest BCUT2D eigenvalue weighted by Gasteiger charge is 2.04. The second-order valence-corrected chi connectivity index (χ2v) is 3.75. The molecule has 0 unspecified atom stereocenters. The number of rotatable bonds is 3. The Morgan fingerprint density at radius 3 is 2.76 bits per heavy atom. The van der Waals surface area contributed by atoms with E-state index in [1.807, 2.05) is 18.2 Å². The summed E-state index contributed by atoms with van der Waals surface area (Å²) < 4.78 is 1.43. The number of carbonyl (C=O) groups excluding carboxylic acids is 1. The van der Waals surface area contributed by atoms with Gasteiger partial charge in [0.05, 0.1) is 0 Å². The first-order chi connectivity index (χ1) is 8.31. The molecule has 0 saturated carbocycles. The molecule has 0 saturated heterocycles. The van der Waals surface area contributed by atoms with Gasteiger partial charge < -0.3 is 5.32 Å². The van der Waals surface area contributed by atoms with Crippen molar-refractivity contribution in [3.63, 3.8) is 0 Å². The van der Waals surface area contributed by atoms with Crippen LogP contribution < -0.4 is 5.32 Å². The van der Waals surface area contributed by atoms with Crippen LogP contribution in [0.25, 0.3) is 0 Å². The maximum Gasteiger partial charge on any atom is 0.327 e. The molecule has 0 bridgehead atoms. The Bertz CT molecular complexity index is 491. The van der Waals surface area contributed by atoms with E-state index >= 15 is 0 Å². The van der Waals surface area contributed by atoms with E-state index in [0.29, 0.717) is 6.54 Å². The van der Waals surface area contributed by atoms with Gasteiger partial charge in [-0.15, -0.1) is 0 Å². The SMILES string of the molecule is CCc1ccccc1CNC(=O)n1ccnc1. The quantitative estimate of drug-likeness (QED) is 0.877. The number of amides is 1. The molecule has 0 fully saturated rings. The van der Waals surface area contributed by atoms with Crippen LogP contribution in [0.3, 0.4) is 0 Å². The standard InChI is InChI=1S/C13H15N3O/c1-2-11-5-3-4-6-12(11)9-15-13(17)16-8-7-14-10-16/h3-8,10H,2,9H2,1H3,(H,15,17). The zero-order valence-electron chi connectivity index (χ0n) is 9.76. The molecule has 0 atom stereocenters. The van der Waals surface area contributed by atoms with Gasteiger partial charge in [-0.25, -0.2) is 9.78 Å². The lowest BCUT2D eigenvalue weighted by molar-refractivity contribution is 0.242. The molecule has 0 spiro atoms. The van der Waals surface area contributed by atoms with Gasteiger partial charge in [0.15, 0.2) is 0 Å². The average molecular weight is 229 g/mol. The smallest absolute Gasteiger partial charge is 0.327 e. The number of aryl methyl sites for hydroxylation is 1. The van der Waals surface area contributed by atoms with Gasteiger partial charge in [0.1, 0.15) is 6.33 Å². The van der Waals surface area contributed by atoms with Crippen LogP contribution in [0, 0.1) is 0 Å². The fraction of sp³-hybridized carbons (Fsp3) is 0.231. The Kier molecular flexibility index (Phi) is 3.55. The first-order valence-electron chi connectivity index (χ1n) is 5.64. The van der Waals surface area contributed by atoms with E-state index in [1.54, 1.807) is 12.4 Å². The minimum Gasteiger partial charge on any atom is -0.333 e. The number of carbonyl (C=O) groups is 1. The van der Waals surface area contributed by atoms with E-state index in [0.717, 1.165) is 12.0 Å². The monoisotopic (exact) mass is 229 g/mol. The summed E-state index contributed by atoms with van der Waals surface area (Å²) in [5, 5.41) is 2.86. The molecule has 0 aliphatic carbocycles. The summed E-state index contributed by atoms with van der Waals surface area (Å²) in [6, 6.07) is 7.96. The van der Waals surface area contributed by atoms with Crippen LogP contribution in [0.15, 0.2) is 43.0 Å². The highest BCUT2D eigenvalue weighted by Crippen LogP contribution is 2.08. The second-order valence-electron chi connectivity index (χ2n) is 3.75. The van der Waals surface area contributed by atoms with Crippen molar-refractivity contribution in [2.75, 3.05) is 0 Å². The van der Waals surface area contributed by atoms with Gasteiger partial charge in [-0.1, -0.05) is 31.2 Å². The molecule has 0 aliphatic rings. The van der Waals surface area contributed by atoms with Crippen LogP contribution >= 0.6 is 0 Å². The Morgan fingerprint density at radius 2 is 2.12 bits per heavy atom. The van der Waals surface area contributed by atoms with Crippen molar-refractivity contribution in [2.24, 2.45) is 0 Å². The van der Waals surface area contributed by atoms with Gasteiger partial charge in [0, 0.05) is 18.9 Å². The van der Waals surface area contributed by atoms with Crippen LogP contribution in [0.4, 0.5) is 4.79 Å². The largest absolute Gasteiger partial charge is 0.333 e. The van der Waals surface area contributed by atoms with Crippen molar-refractivity contribution in [1.82, 2.24) is 14.9 Å². The van der Waals surface area contributed by atoms with Crippen molar-refractivity contribution in [1.29, 1.82) is 0 Å². The molecule has 2 aromatic rings. The summed E-state index contributed by atoms with van der Waals surface area (Å²) in [7, 11) is 0. The van der Waals surface area contributed by atoms with Crippen molar-refractivity contribution in [3.05, 3.63) is 54.1 Å². The molecular formula is C13H15N3O. The van der Waals surface area contributed by atoms with Gasteiger partial charge >= 0.3 is 6.03 Å². The molecule has 2 rings (SSSR count). The van der Waals surface area contributed by atoms with Crippen molar-refractivity contribution in [3.8, 4) is 0 Å². The summed E-state index contributed by atoms with van der Waals surface area (Å²) in [5.41, 5.74) is 2.42. The molecule has 4 heteroatoms. The highest BCUT2D eigenvalue weighted by atomic mass is 16.2. The van der Waals surface area contributed by atoms with E-state index in [2.05, 4.69) is 23.3 Å². The molecule has 4 nitrogen and oxygen atoms in total. The lowest BCUT2D eigenvalue weighted by Gasteiger charge is -2.09. The molecule has 0 radical (unpaired) electrons. The average Bonchev–Trinajstić information content (AvgIpc) is 2.90. The van der Waals surface area contributed by atoms with Crippen LogP contribution in [0.1, 0.15) is 18.1 Å². The van der Waals surface area contributed by atoms with Gasteiger partial charge in [0.25, 0.3) is 0 Å². The molecule has 1 N–H and O–H groups in total. The number of nitrogens with zero attached hydrogens (tertiary/aromatic N) is 2. The lowest BCUT2D eigenvalue weighted by atomic mass is 10.1. The van der Waals surface area contributed by atoms with Crippen molar-refractivity contribution < 1.29 is 4.79 Å². The summed E-state index contributed by atoms with van der Waals surface area (Å²) in [4.78, 5) is 15.5. The predicted octanol–water partition coefficient (Wildman–Crippen LogP) is 2.20. The Morgan fingerprint density at radius 1 is 1.35 bits per heavy atom. The predicted molar refractivity (Wildman–Crippen MR) is 65.7 cm³/mol. The fourth-order valence-electron chi connectivity index (χ4n) is 1.72. The third kappa shape index (κ3) is 2.72. The Labute approximate surface area is 100 Å². The van der Waals surface area contributed by atoms with Gasteiger partial charge in [-0.05, 0) is 17.5 Å². The maximum atomic E-state index is 11.7. The molecule has 1 aromatic carbocycles. The van der Waals surface area contributed by atoms with Crippen molar-refractivity contribution >= 4 is 6.03 Å². The topological polar surface area (TPSA) is 46.9 Å². The molecular weight excluding hydrogens is 214 g/mol. The molecule has 1 aromatic heterocycles. The molecule has 88 valence electrons. The van der Waals surface area contributed by atoms with E-state index < -0.39 is 0 Å². The fourth-order valence-corrected chi connectivity index (χ4v) is 1.72. The minimum absolute atomic E-state index is 0.159. The minimum atomic E-state index is -0.159. The Hall–Kier alpha value is -2.10.